The molecule has 1 aliphatic carbocycles. The van der Waals surface area contributed by atoms with E-state index < -0.39 is 0 Å². The SMILES string of the molecule is O=C(NN=Cc1ccccn1)c1cc2c(s1)CCCC2. The highest BCUT2D eigenvalue weighted by molar-refractivity contribution is 7.14. The monoisotopic (exact) mass is 285 g/mol. The number of hydrogen-bond donors (Lipinski definition) is 1. The van der Waals surface area contributed by atoms with Gasteiger partial charge in [0.15, 0.2) is 0 Å². The number of rotatable bonds is 3. The summed E-state index contributed by atoms with van der Waals surface area (Å²) >= 11 is 1.59. The second kappa shape index (κ2) is 5.96. The zero-order chi connectivity index (χ0) is 13.8. The Labute approximate surface area is 121 Å². The number of fused-ring (bicyclic) bond motifs is 1. The van der Waals surface area contributed by atoms with Crippen LogP contribution in [-0.2, 0) is 12.8 Å². The minimum atomic E-state index is -0.142. The van der Waals surface area contributed by atoms with Crippen molar-refractivity contribution in [2.24, 2.45) is 5.10 Å². The van der Waals surface area contributed by atoms with E-state index in [0.717, 1.165) is 23.4 Å². The Morgan fingerprint density at radius 3 is 3.05 bits per heavy atom. The molecule has 0 spiro atoms. The van der Waals surface area contributed by atoms with Gasteiger partial charge in [-0.3, -0.25) is 9.78 Å². The largest absolute Gasteiger partial charge is 0.281 e. The second-order valence-corrected chi connectivity index (χ2v) is 5.86. The molecule has 0 saturated heterocycles. The van der Waals surface area contributed by atoms with Gasteiger partial charge in [0.1, 0.15) is 0 Å². The predicted molar refractivity (Wildman–Crippen MR) is 80.3 cm³/mol. The highest BCUT2D eigenvalue weighted by Gasteiger charge is 2.16. The molecule has 5 heteroatoms. The third-order valence-corrected chi connectivity index (χ3v) is 4.51. The van der Waals surface area contributed by atoms with Crippen molar-refractivity contribution in [1.82, 2.24) is 10.4 Å². The fourth-order valence-electron chi connectivity index (χ4n) is 2.27. The number of carbonyl (C=O) groups excluding carboxylic acids is 1. The van der Waals surface area contributed by atoms with Gasteiger partial charge in [-0.1, -0.05) is 6.07 Å². The van der Waals surface area contributed by atoms with Crippen LogP contribution >= 0.6 is 11.3 Å². The number of amides is 1. The second-order valence-electron chi connectivity index (χ2n) is 4.72. The standard InChI is InChI=1S/C15H15N3OS/c19-15(18-17-10-12-6-3-4-8-16-12)14-9-11-5-1-2-7-13(11)20-14/h3-4,6,8-10H,1-2,5,7H2,(H,18,19). The van der Waals surface area contributed by atoms with E-state index in [1.807, 2.05) is 24.3 Å². The van der Waals surface area contributed by atoms with E-state index in [0.29, 0.717) is 0 Å². The number of carbonyl (C=O) groups is 1. The molecule has 0 fully saturated rings. The summed E-state index contributed by atoms with van der Waals surface area (Å²) in [6.07, 6.45) is 7.89. The first-order chi connectivity index (χ1) is 9.83. The number of nitrogens with zero attached hydrogens (tertiary/aromatic N) is 2. The van der Waals surface area contributed by atoms with Crippen molar-refractivity contribution in [3.63, 3.8) is 0 Å². The molecule has 0 unspecified atom stereocenters. The highest BCUT2D eigenvalue weighted by Crippen LogP contribution is 2.29. The highest BCUT2D eigenvalue weighted by atomic mass is 32.1. The van der Waals surface area contributed by atoms with Gasteiger partial charge in [-0.05, 0) is 49.4 Å². The van der Waals surface area contributed by atoms with E-state index in [-0.39, 0.29) is 5.91 Å². The third-order valence-electron chi connectivity index (χ3n) is 3.27. The van der Waals surface area contributed by atoms with Gasteiger partial charge in [0.25, 0.3) is 5.91 Å². The molecule has 0 saturated carbocycles. The van der Waals surface area contributed by atoms with Crippen LogP contribution in [0.2, 0.25) is 0 Å². The van der Waals surface area contributed by atoms with E-state index >= 15 is 0 Å². The molecule has 0 aromatic carbocycles. The van der Waals surface area contributed by atoms with Crippen LogP contribution in [-0.4, -0.2) is 17.1 Å². The van der Waals surface area contributed by atoms with Crippen molar-refractivity contribution < 1.29 is 4.79 Å². The molecule has 0 atom stereocenters. The summed E-state index contributed by atoms with van der Waals surface area (Å²) in [6.45, 7) is 0. The molecule has 0 bridgehead atoms. The van der Waals surface area contributed by atoms with Crippen LogP contribution in [0.25, 0.3) is 0 Å². The fraction of sp³-hybridized carbons (Fsp3) is 0.267. The Balaban J connectivity index is 1.65. The van der Waals surface area contributed by atoms with Crippen LogP contribution in [0.4, 0.5) is 0 Å². The summed E-state index contributed by atoms with van der Waals surface area (Å²) in [5.74, 6) is -0.142. The Hall–Kier alpha value is -2.01. The van der Waals surface area contributed by atoms with Crippen molar-refractivity contribution in [2.75, 3.05) is 0 Å². The number of hydrogen-bond acceptors (Lipinski definition) is 4. The van der Waals surface area contributed by atoms with Crippen molar-refractivity contribution in [2.45, 2.75) is 25.7 Å². The number of thiophene rings is 1. The zero-order valence-corrected chi connectivity index (χ0v) is 11.8. The van der Waals surface area contributed by atoms with Crippen molar-refractivity contribution in [3.8, 4) is 0 Å². The molecule has 1 N–H and O–H groups in total. The van der Waals surface area contributed by atoms with E-state index in [1.165, 1.54) is 23.3 Å². The average Bonchev–Trinajstić information content (AvgIpc) is 2.92. The number of aryl methyl sites for hydroxylation is 2. The first kappa shape index (κ1) is 13.0. The third kappa shape index (κ3) is 2.93. The van der Waals surface area contributed by atoms with Gasteiger partial charge < -0.3 is 0 Å². The summed E-state index contributed by atoms with van der Waals surface area (Å²) in [6, 6.07) is 7.56. The maximum atomic E-state index is 12.0. The molecule has 0 radical (unpaired) electrons. The lowest BCUT2D eigenvalue weighted by Crippen LogP contribution is -2.16. The Morgan fingerprint density at radius 2 is 2.25 bits per heavy atom. The fourth-order valence-corrected chi connectivity index (χ4v) is 3.41. The Bertz CT molecular complexity index is 610. The number of aromatic nitrogens is 1. The number of nitrogens with one attached hydrogen (secondary N) is 1. The lowest BCUT2D eigenvalue weighted by Gasteiger charge is -2.08. The van der Waals surface area contributed by atoms with Gasteiger partial charge in [0.05, 0.1) is 16.8 Å². The van der Waals surface area contributed by atoms with Gasteiger partial charge in [-0.25, -0.2) is 5.43 Å². The first-order valence-electron chi connectivity index (χ1n) is 6.69. The Morgan fingerprint density at radius 1 is 1.35 bits per heavy atom. The molecule has 2 aromatic heterocycles. The summed E-state index contributed by atoms with van der Waals surface area (Å²) in [5.41, 5.74) is 4.61. The molecule has 2 aromatic rings. The zero-order valence-electron chi connectivity index (χ0n) is 11.0. The normalized spacial score (nSPS) is 14.2. The topological polar surface area (TPSA) is 54.4 Å². The van der Waals surface area contributed by atoms with Gasteiger partial charge in [0, 0.05) is 11.1 Å². The summed E-state index contributed by atoms with van der Waals surface area (Å²) in [7, 11) is 0. The molecule has 0 aliphatic heterocycles. The van der Waals surface area contributed by atoms with Gasteiger partial charge in [0.2, 0.25) is 0 Å². The predicted octanol–water partition coefficient (Wildman–Crippen LogP) is 2.79. The molecular formula is C15H15N3OS. The molecule has 2 heterocycles. The van der Waals surface area contributed by atoms with E-state index in [4.69, 9.17) is 0 Å². The van der Waals surface area contributed by atoms with E-state index in [9.17, 15) is 4.79 Å². The van der Waals surface area contributed by atoms with Crippen molar-refractivity contribution >= 4 is 23.5 Å². The summed E-state index contributed by atoms with van der Waals surface area (Å²) < 4.78 is 0. The summed E-state index contributed by atoms with van der Waals surface area (Å²) in [5, 5.41) is 3.94. The Kier molecular flexibility index (Phi) is 3.87. The molecule has 1 amide bonds. The molecule has 1 aliphatic rings. The van der Waals surface area contributed by atoms with Gasteiger partial charge in [-0.2, -0.15) is 5.10 Å². The van der Waals surface area contributed by atoms with Crippen LogP contribution < -0.4 is 5.43 Å². The molecule has 102 valence electrons. The lowest BCUT2D eigenvalue weighted by atomic mass is 9.99. The smallest absolute Gasteiger partial charge is 0.266 e. The van der Waals surface area contributed by atoms with Crippen LogP contribution in [0.5, 0.6) is 0 Å². The van der Waals surface area contributed by atoms with Crippen LogP contribution in [0.3, 0.4) is 0 Å². The van der Waals surface area contributed by atoms with E-state index in [2.05, 4.69) is 15.5 Å². The lowest BCUT2D eigenvalue weighted by molar-refractivity contribution is 0.0959. The maximum Gasteiger partial charge on any atom is 0.281 e. The number of pyridine rings is 1. The first-order valence-corrected chi connectivity index (χ1v) is 7.50. The quantitative estimate of drug-likeness (QED) is 0.696. The van der Waals surface area contributed by atoms with Crippen LogP contribution in [0.15, 0.2) is 35.6 Å². The molecule has 4 nitrogen and oxygen atoms in total. The summed E-state index contributed by atoms with van der Waals surface area (Å²) in [4.78, 5) is 18.2. The minimum absolute atomic E-state index is 0.142. The van der Waals surface area contributed by atoms with Gasteiger partial charge in [-0.15, -0.1) is 11.3 Å². The van der Waals surface area contributed by atoms with Crippen molar-refractivity contribution in [1.29, 1.82) is 0 Å². The molecule has 3 rings (SSSR count). The molecule has 20 heavy (non-hydrogen) atoms. The maximum absolute atomic E-state index is 12.0. The number of hydrazone groups is 1. The average molecular weight is 285 g/mol. The van der Waals surface area contributed by atoms with Gasteiger partial charge >= 0.3 is 0 Å². The van der Waals surface area contributed by atoms with E-state index in [1.54, 1.807) is 23.7 Å². The minimum Gasteiger partial charge on any atom is -0.266 e. The molecular weight excluding hydrogens is 270 g/mol. The van der Waals surface area contributed by atoms with Crippen LogP contribution in [0.1, 0.15) is 38.6 Å². The van der Waals surface area contributed by atoms with Crippen LogP contribution in [0, 0.1) is 0 Å². The van der Waals surface area contributed by atoms with Crippen molar-refractivity contribution in [3.05, 3.63) is 51.5 Å².